The van der Waals surface area contributed by atoms with Crippen molar-refractivity contribution in [2.75, 3.05) is 11.1 Å². The zero-order valence-electron chi connectivity index (χ0n) is 16.0. The smallest absolute Gasteiger partial charge is 0.166 e. The number of ether oxygens (including phenoxy) is 1. The van der Waals surface area contributed by atoms with Gasteiger partial charge in [0.2, 0.25) is 0 Å². The maximum absolute atomic E-state index is 10.4. The molecule has 4 N–H and O–H groups in total. The van der Waals surface area contributed by atoms with Crippen LogP contribution in [0.3, 0.4) is 0 Å². The third kappa shape index (κ3) is 3.12. The van der Waals surface area contributed by atoms with Gasteiger partial charge in [0, 0.05) is 23.1 Å². The molecule has 0 amide bonds. The number of benzene rings is 2. The molecule has 4 rings (SSSR count). The summed E-state index contributed by atoms with van der Waals surface area (Å²) in [6.45, 7) is 7.95. The summed E-state index contributed by atoms with van der Waals surface area (Å²) in [6, 6.07) is 7.70. The number of aromatic nitrogens is 2. The number of fused-ring (bicyclic) bond motifs is 3. The minimum Gasteiger partial charge on any atom is -0.504 e. The van der Waals surface area contributed by atoms with E-state index in [2.05, 4.69) is 28.3 Å². The molecule has 1 aromatic heterocycles. The second-order valence-electron chi connectivity index (χ2n) is 7.39. The molecule has 140 valence electrons. The number of nitrogen functional groups attached to an aromatic ring is 1. The summed E-state index contributed by atoms with van der Waals surface area (Å²) in [7, 11) is 0. The Labute approximate surface area is 158 Å². The van der Waals surface area contributed by atoms with Gasteiger partial charge in [-0.05, 0) is 57.0 Å². The Bertz CT molecular complexity index is 1030. The van der Waals surface area contributed by atoms with Gasteiger partial charge in [0.15, 0.2) is 11.5 Å². The van der Waals surface area contributed by atoms with Crippen LogP contribution in [0.4, 0.5) is 11.5 Å². The Hall–Kier alpha value is -3.02. The summed E-state index contributed by atoms with van der Waals surface area (Å²) in [4.78, 5) is 9.22. The summed E-state index contributed by atoms with van der Waals surface area (Å²) < 4.78 is 5.76. The largest absolute Gasteiger partial charge is 0.504 e. The van der Waals surface area contributed by atoms with E-state index in [-0.39, 0.29) is 17.9 Å². The van der Waals surface area contributed by atoms with Crippen molar-refractivity contribution in [2.24, 2.45) is 0 Å². The minimum atomic E-state index is -0.00438. The van der Waals surface area contributed by atoms with E-state index >= 15 is 0 Å². The summed E-state index contributed by atoms with van der Waals surface area (Å²) in [5, 5.41) is 14.7. The van der Waals surface area contributed by atoms with Gasteiger partial charge in [-0.3, -0.25) is 0 Å². The highest BCUT2D eigenvalue weighted by molar-refractivity contribution is 5.95. The number of hydrogen-bond donors (Lipinski definition) is 3. The number of nitrogens with one attached hydrogen (secondary N) is 1. The predicted octanol–water partition coefficient (Wildman–Crippen LogP) is 4.03. The number of hydrogen-bond acceptors (Lipinski definition) is 6. The molecule has 0 radical (unpaired) electrons. The molecule has 3 aromatic rings. The van der Waals surface area contributed by atoms with Crippen LogP contribution in [0.2, 0.25) is 0 Å². The van der Waals surface area contributed by atoms with Gasteiger partial charge in [-0.1, -0.05) is 6.07 Å². The minimum absolute atomic E-state index is 0.00438. The molecule has 0 aliphatic carbocycles. The fourth-order valence-electron chi connectivity index (χ4n) is 3.76. The first-order chi connectivity index (χ1) is 12.8. The van der Waals surface area contributed by atoms with Crippen molar-refractivity contribution in [3.8, 4) is 11.5 Å². The standard InChI is InChI=1S/C21H24N4O2/c1-10-5-14(8-15(22)6-10)12(3)23-21-17-9-18(26)20-16(7-11(2)27-20)19(17)24-13(4)25-21/h5-6,8-9,11-12,26H,7,22H2,1-4H3,(H,23,24,25)/t11?,12-/m1/s1. The first-order valence-electron chi connectivity index (χ1n) is 9.15. The summed E-state index contributed by atoms with van der Waals surface area (Å²) in [5.41, 5.74) is 10.7. The lowest BCUT2D eigenvalue weighted by Crippen LogP contribution is -2.10. The molecule has 2 heterocycles. The van der Waals surface area contributed by atoms with Crippen LogP contribution in [-0.4, -0.2) is 21.2 Å². The summed E-state index contributed by atoms with van der Waals surface area (Å²) >= 11 is 0. The van der Waals surface area contributed by atoms with Gasteiger partial charge in [0.05, 0.1) is 11.6 Å². The third-order valence-electron chi connectivity index (χ3n) is 4.92. The van der Waals surface area contributed by atoms with Crippen molar-refractivity contribution in [2.45, 2.75) is 46.3 Å². The number of nitrogens with two attached hydrogens (primary N) is 1. The Morgan fingerprint density at radius 2 is 2.00 bits per heavy atom. The van der Waals surface area contributed by atoms with E-state index < -0.39 is 0 Å². The molecule has 0 saturated heterocycles. The molecule has 2 aromatic carbocycles. The van der Waals surface area contributed by atoms with Gasteiger partial charge in [0.1, 0.15) is 17.7 Å². The Balaban J connectivity index is 1.80. The molecule has 0 fully saturated rings. The van der Waals surface area contributed by atoms with Crippen molar-refractivity contribution in [1.82, 2.24) is 9.97 Å². The number of anilines is 2. The van der Waals surface area contributed by atoms with Gasteiger partial charge < -0.3 is 20.9 Å². The van der Waals surface area contributed by atoms with Crippen LogP contribution in [0, 0.1) is 13.8 Å². The van der Waals surface area contributed by atoms with Crippen molar-refractivity contribution in [3.63, 3.8) is 0 Å². The summed E-state index contributed by atoms with van der Waals surface area (Å²) in [5.74, 6) is 2.04. The third-order valence-corrected chi connectivity index (χ3v) is 4.92. The first kappa shape index (κ1) is 17.4. The van der Waals surface area contributed by atoms with Crippen LogP contribution in [0.5, 0.6) is 11.5 Å². The van der Waals surface area contributed by atoms with E-state index in [9.17, 15) is 5.11 Å². The quantitative estimate of drug-likeness (QED) is 0.608. The van der Waals surface area contributed by atoms with Crippen LogP contribution >= 0.6 is 0 Å². The van der Waals surface area contributed by atoms with Crippen molar-refractivity contribution in [3.05, 3.63) is 46.8 Å². The molecule has 6 nitrogen and oxygen atoms in total. The van der Waals surface area contributed by atoms with Gasteiger partial charge >= 0.3 is 0 Å². The lowest BCUT2D eigenvalue weighted by molar-refractivity contribution is 0.245. The molecule has 1 aliphatic heterocycles. The van der Waals surface area contributed by atoms with E-state index in [1.807, 2.05) is 32.9 Å². The lowest BCUT2D eigenvalue weighted by atomic mass is 10.0. The zero-order valence-corrected chi connectivity index (χ0v) is 16.0. The molecule has 2 atom stereocenters. The van der Waals surface area contributed by atoms with Crippen LogP contribution in [-0.2, 0) is 6.42 Å². The van der Waals surface area contributed by atoms with Crippen LogP contribution in [0.15, 0.2) is 24.3 Å². The van der Waals surface area contributed by atoms with Crippen molar-refractivity contribution < 1.29 is 9.84 Å². The number of rotatable bonds is 3. The van der Waals surface area contributed by atoms with Gasteiger partial charge in [0.25, 0.3) is 0 Å². The van der Waals surface area contributed by atoms with Gasteiger partial charge in [-0.15, -0.1) is 0 Å². The maximum atomic E-state index is 10.4. The van der Waals surface area contributed by atoms with E-state index in [0.29, 0.717) is 17.4 Å². The Kier molecular flexibility index (Phi) is 4.06. The highest BCUT2D eigenvalue weighted by Gasteiger charge is 2.27. The van der Waals surface area contributed by atoms with Crippen LogP contribution < -0.4 is 15.8 Å². The van der Waals surface area contributed by atoms with Crippen molar-refractivity contribution in [1.29, 1.82) is 0 Å². The Morgan fingerprint density at radius 3 is 2.74 bits per heavy atom. The molecule has 0 spiro atoms. The molecule has 27 heavy (non-hydrogen) atoms. The highest BCUT2D eigenvalue weighted by atomic mass is 16.5. The normalized spacial score (nSPS) is 16.8. The second kappa shape index (κ2) is 6.30. The number of aryl methyl sites for hydroxylation is 2. The number of nitrogens with zero attached hydrogens (tertiary/aromatic N) is 2. The molecule has 1 unspecified atom stereocenters. The van der Waals surface area contributed by atoms with Crippen LogP contribution in [0.25, 0.3) is 10.9 Å². The van der Waals surface area contributed by atoms with Crippen LogP contribution in [0.1, 0.15) is 42.4 Å². The zero-order chi connectivity index (χ0) is 19.3. The van der Waals surface area contributed by atoms with Gasteiger partial charge in [-0.2, -0.15) is 0 Å². The topological polar surface area (TPSA) is 93.3 Å². The predicted molar refractivity (Wildman–Crippen MR) is 107 cm³/mol. The lowest BCUT2D eigenvalue weighted by Gasteiger charge is -2.18. The molecule has 0 bridgehead atoms. The number of phenolic OH excluding ortho intramolecular Hbond substituents is 1. The summed E-state index contributed by atoms with van der Waals surface area (Å²) in [6.07, 6.45) is 0.748. The highest BCUT2D eigenvalue weighted by Crippen LogP contribution is 2.43. The second-order valence-corrected chi connectivity index (χ2v) is 7.39. The number of phenols is 1. The monoisotopic (exact) mass is 364 g/mol. The molecule has 1 aliphatic rings. The fourth-order valence-corrected chi connectivity index (χ4v) is 3.76. The van der Waals surface area contributed by atoms with E-state index in [0.717, 1.165) is 39.7 Å². The van der Waals surface area contributed by atoms with Crippen molar-refractivity contribution >= 4 is 22.4 Å². The van der Waals surface area contributed by atoms with E-state index in [4.69, 9.17) is 10.5 Å². The number of aromatic hydroxyl groups is 1. The molecule has 0 saturated carbocycles. The van der Waals surface area contributed by atoms with Gasteiger partial charge in [-0.25, -0.2) is 9.97 Å². The first-order valence-corrected chi connectivity index (χ1v) is 9.15. The Morgan fingerprint density at radius 1 is 1.22 bits per heavy atom. The van der Waals surface area contributed by atoms with E-state index in [1.165, 1.54) is 0 Å². The fraction of sp³-hybridized carbons (Fsp3) is 0.333. The molecule has 6 heteroatoms. The SMILES string of the molecule is Cc1cc(N)cc([C@@H](C)Nc2nc(C)nc3c4c(c(O)cc23)OC(C)C4)c1. The molecular weight excluding hydrogens is 340 g/mol. The average Bonchev–Trinajstić information content (AvgIpc) is 2.98. The molecular formula is C21H24N4O2. The van der Waals surface area contributed by atoms with E-state index in [1.54, 1.807) is 6.07 Å². The maximum Gasteiger partial charge on any atom is 0.166 e. The average molecular weight is 364 g/mol.